The molecule has 0 fully saturated rings. The molecular formula is C20H20N6O4. The molecule has 1 aromatic carbocycles. The van der Waals surface area contributed by atoms with Gasteiger partial charge in [-0.05, 0) is 24.6 Å². The van der Waals surface area contributed by atoms with Crippen LogP contribution in [0.4, 0.5) is 5.82 Å². The molecule has 0 unspecified atom stereocenters. The van der Waals surface area contributed by atoms with E-state index >= 15 is 0 Å². The number of nitrogens with zero attached hydrogens (tertiary/aromatic N) is 3. The van der Waals surface area contributed by atoms with E-state index in [1.807, 2.05) is 18.2 Å². The zero-order valence-electron chi connectivity index (χ0n) is 16.1. The van der Waals surface area contributed by atoms with Gasteiger partial charge in [-0.2, -0.15) is 10.1 Å². The zero-order valence-corrected chi connectivity index (χ0v) is 16.1. The molecule has 30 heavy (non-hydrogen) atoms. The number of benzene rings is 1. The van der Waals surface area contributed by atoms with E-state index < -0.39 is 0 Å². The summed E-state index contributed by atoms with van der Waals surface area (Å²) in [4.78, 5) is 28.0. The Bertz CT molecular complexity index is 1180. The monoisotopic (exact) mass is 408 g/mol. The number of nitrogens with one attached hydrogen (secondary N) is 3. The highest BCUT2D eigenvalue weighted by molar-refractivity contribution is 5.90. The molecule has 0 aliphatic carbocycles. The van der Waals surface area contributed by atoms with Crippen LogP contribution >= 0.6 is 0 Å². The molecular weight excluding hydrogens is 388 g/mol. The minimum atomic E-state index is -0.221. The van der Waals surface area contributed by atoms with Crippen LogP contribution in [0, 0.1) is 0 Å². The number of aryl methyl sites for hydroxylation is 1. The van der Waals surface area contributed by atoms with Gasteiger partial charge in [-0.15, -0.1) is 0 Å². The third-order valence-electron chi connectivity index (χ3n) is 4.44. The van der Waals surface area contributed by atoms with Gasteiger partial charge in [0.25, 0.3) is 5.56 Å². The van der Waals surface area contributed by atoms with Crippen LogP contribution in [0.2, 0.25) is 0 Å². The minimum Gasteiger partial charge on any atom is -0.461 e. The number of rotatable bonds is 9. The number of carbonyl (C=O) groups is 1. The summed E-state index contributed by atoms with van der Waals surface area (Å²) < 4.78 is 10.3. The van der Waals surface area contributed by atoms with Gasteiger partial charge >= 0.3 is 0 Å². The second kappa shape index (κ2) is 9.03. The molecule has 154 valence electrons. The van der Waals surface area contributed by atoms with Gasteiger partial charge in [0.15, 0.2) is 11.6 Å². The lowest BCUT2D eigenvalue weighted by Crippen LogP contribution is -2.26. The van der Waals surface area contributed by atoms with E-state index in [9.17, 15) is 9.59 Å². The summed E-state index contributed by atoms with van der Waals surface area (Å²) >= 11 is 0. The Morgan fingerprint density at radius 1 is 1.10 bits per heavy atom. The van der Waals surface area contributed by atoms with E-state index in [-0.39, 0.29) is 17.9 Å². The molecule has 0 radical (unpaired) electrons. The van der Waals surface area contributed by atoms with Gasteiger partial charge in [0, 0.05) is 31.3 Å². The second-order valence-electron chi connectivity index (χ2n) is 6.57. The van der Waals surface area contributed by atoms with Crippen LogP contribution in [0.3, 0.4) is 0 Å². The quantitative estimate of drug-likeness (QED) is 0.358. The second-order valence-corrected chi connectivity index (χ2v) is 6.57. The van der Waals surface area contributed by atoms with Crippen LogP contribution in [-0.4, -0.2) is 39.3 Å². The van der Waals surface area contributed by atoms with Gasteiger partial charge in [0.1, 0.15) is 0 Å². The van der Waals surface area contributed by atoms with Crippen molar-refractivity contribution < 1.29 is 13.7 Å². The highest BCUT2D eigenvalue weighted by Gasteiger charge is 2.12. The summed E-state index contributed by atoms with van der Waals surface area (Å²) in [5.41, 5.74) is -0.221. The van der Waals surface area contributed by atoms with Crippen LogP contribution in [0.15, 0.2) is 56.4 Å². The van der Waals surface area contributed by atoms with Crippen molar-refractivity contribution in [1.29, 1.82) is 0 Å². The first-order valence-corrected chi connectivity index (χ1v) is 9.55. The predicted octanol–water partition coefficient (Wildman–Crippen LogP) is 2.12. The SMILES string of the molecule is O=C(CCc1nc(-c2ccco2)no1)NCCCNc1n[nH]c(=O)c2ccccc12. The number of amides is 1. The third kappa shape index (κ3) is 4.54. The molecule has 0 aliphatic rings. The maximum atomic E-state index is 12.0. The summed E-state index contributed by atoms with van der Waals surface area (Å²) in [5, 5.41) is 17.8. The van der Waals surface area contributed by atoms with E-state index in [1.165, 1.54) is 6.26 Å². The Morgan fingerprint density at radius 3 is 2.80 bits per heavy atom. The van der Waals surface area contributed by atoms with Gasteiger partial charge in [-0.1, -0.05) is 23.4 Å². The van der Waals surface area contributed by atoms with E-state index in [2.05, 4.69) is 31.0 Å². The molecule has 0 saturated carbocycles. The summed E-state index contributed by atoms with van der Waals surface area (Å²) in [7, 11) is 0. The van der Waals surface area contributed by atoms with Crippen molar-refractivity contribution in [1.82, 2.24) is 25.7 Å². The molecule has 0 spiro atoms. The smallest absolute Gasteiger partial charge is 0.272 e. The molecule has 3 N–H and O–H groups in total. The van der Waals surface area contributed by atoms with Crippen LogP contribution in [0.5, 0.6) is 0 Å². The topological polar surface area (TPSA) is 139 Å². The summed E-state index contributed by atoms with van der Waals surface area (Å²) in [6.07, 6.45) is 2.83. The highest BCUT2D eigenvalue weighted by Crippen LogP contribution is 2.17. The molecule has 10 nitrogen and oxygen atoms in total. The maximum Gasteiger partial charge on any atom is 0.272 e. The van der Waals surface area contributed by atoms with Crippen molar-refractivity contribution in [3.8, 4) is 11.6 Å². The zero-order chi connectivity index (χ0) is 20.8. The Kier molecular flexibility index (Phi) is 5.83. The van der Waals surface area contributed by atoms with Crippen LogP contribution in [0.25, 0.3) is 22.4 Å². The van der Waals surface area contributed by atoms with Crippen LogP contribution < -0.4 is 16.2 Å². The van der Waals surface area contributed by atoms with Crippen LogP contribution in [0.1, 0.15) is 18.7 Å². The Labute approximate surface area is 170 Å². The molecule has 10 heteroatoms. The minimum absolute atomic E-state index is 0.0969. The van der Waals surface area contributed by atoms with Crippen molar-refractivity contribution in [2.24, 2.45) is 0 Å². The number of fused-ring (bicyclic) bond motifs is 1. The predicted molar refractivity (Wildman–Crippen MR) is 109 cm³/mol. The van der Waals surface area contributed by atoms with E-state index in [0.717, 1.165) is 5.39 Å². The number of hydrogen-bond acceptors (Lipinski definition) is 8. The molecule has 0 atom stereocenters. The number of anilines is 1. The molecule has 0 bridgehead atoms. The fraction of sp³-hybridized carbons (Fsp3) is 0.250. The molecule has 0 aliphatic heterocycles. The molecule has 3 heterocycles. The molecule has 1 amide bonds. The number of aromatic nitrogens is 4. The standard InChI is InChI=1S/C20H20N6O4/c27-16(8-9-17-23-19(26-30-17)15-7-3-12-29-15)21-10-4-11-22-18-13-5-1-2-6-14(13)20(28)25-24-18/h1-3,5-7,12H,4,8-11H2,(H,21,27)(H,22,24)(H,25,28). The van der Waals surface area contributed by atoms with Gasteiger partial charge in [0.05, 0.1) is 11.6 Å². The van der Waals surface area contributed by atoms with Crippen molar-refractivity contribution in [2.45, 2.75) is 19.3 Å². The maximum absolute atomic E-state index is 12.0. The summed E-state index contributed by atoms with van der Waals surface area (Å²) in [5.74, 6) is 1.78. The van der Waals surface area contributed by atoms with Crippen molar-refractivity contribution in [3.05, 3.63) is 58.9 Å². The lowest BCUT2D eigenvalue weighted by molar-refractivity contribution is -0.121. The molecule has 4 rings (SSSR count). The number of furan rings is 1. The number of H-pyrrole nitrogens is 1. The van der Waals surface area contributed by atoms with E-state index in [0.29, 0.717) is 54.6 Å². The summed E-state index contributed by atoms with van der Waals surface area (Å²) in [6, 6.07) is 10.7. The van der Waals surface area contributed by atoms with Crippen molar-refractivity contribution in [2.75, 3.05) is 18.4 Å². The lowest BCUT2D eigenvalue weighted by Gasteiger charge is -2.08. The molecule has 4 aromatic rings. The average Bonchev–Trinajstić information content (AvgIpc) is 3.45. The fourth-order valence-electron chi connectivity index (χ4n) is 2.94. The Balaban J connectivity index is 1.18. The van der Waals surface area contributed by atoms with Gasteiger partial charge in [0.2, 0.25) is 17.6 Å². The molecule has 3 aromatic heterocycles. The number of aromatic amines is 1. The third-order valence-corrected chi connectivity index (χ3v) is 4.44. The first kappa shape index (κ1) is 19.4. The van der Waals surface area contributed by atoms with Gasteiger partial charge in [-0.25, -0.2) is 5.10 Å². The lowest BCUT2D eigenvalue weighted by atomic mass is 10.2. The first-order chi connectivity index (χ1) is 14.7. The summed E-state index contributed by atoms with van der Waals surface area (Å²) in [6.45, 7) is 1.11. The van der Waals surface area contributed by atoms with Crippen LogP contribution in [-0.2, 0) is 11.2 Å². The van der Waals surface area contributed by atoms with E-state index in [1.54, 1.807) is 18.2 Å². The Hall–Kier alpha value is -3.95. The van der Waals surface area contributed by atoms with Gasteiger partial charge < -0.3 is 19.6 Å². The number of carbonyl (C=O) groups excluding carboxylic acids is 1. The number of hydrogen-bond donors (Lipinski definition) is 3. The highest BCUT2D eigenvalue weighted by atomic mass is 16.5. The largest absolute Gasteiger partial charge is 0.461 e. The average molecular weight is 408 g/mol. The molecule has 0 saturated heterocycles. The van der Waals surface area contributed by atoms with Gasteiger partial charge in [-0.3, -0.25) is 9.59 Å². The fourth-order valence-corrected chi connectivity index (χ4v) is 2.94. The van der Waals surface area contributed by atoms with E-state index in [4.69, 9.17) is 8.94 Å². The van der Waals surface area contributed by atoms with Crippen molar-refractivity contribution >= 4 is 22.5 Å². The normalized spacial score (nSPS) is 10.9. The Morgan fingerprint density at radius 2 is 1.97 bits per heavy atom. The first-order valence-electron chi connectivity index (χ1n) is 9.55. The van der Waals surface area contributed by atoms with Crippen molar-refractivity contribution in [3.63, 3.8) is 0 Å².